The lowest BCUT2D eigenvalue weighted by Gasteiger charge is -2.42. The number of hydrogen-bond donors (Lipinski definition) is 1. The smallest absolute Gasteiger partial charge is 0.416 e. The molecule has 2 saturated heterocycles. The largest absolute Gasteiger partial charge is 0.507 e. The van der Waals surface area contributed by atoms with E-state index in [9.17, 15) is 18.3 Å². The maximum Gasteiger partial charge on any atom is 0.416 e. The summed E-state index contributed by atoms with van der Waals surface area (Å²) in [4.78, 5) is 2.49. The van der Waals surface area contributed by atoms with Crippen LogP contribution in [0, 0.1) is 12.8 Å². The summed E-state index contributed by atoms with van der Waals surface area (Å²) in [6.45, 7) is 5.30. The fourth-order valence-electron chi connectivity index (χ4n) is 4.19. The van der Waals surface area contributed by atoms with Crippen LogP contribution in [0.4, 0.5) is 13.2 Å². The van der Waals surface area contributed by atoms with E-state index >= 15 is 0 Å². The normalized spacial score (nSPS) is 21.2. The van der Waals surface area contributed by atoms with Crippen molar-refractivity contribution in [1.29, 1.82) is 0 Å². The van der Waals surface area contributed by atoms with Gasteiger partial charge in [-0.3, -0.25) is 4.90 Å². The fourth-order valence-corrected chi connectivity index (χ4v) is 4.19. The first-order valence-electron chi connectivity index (χ1n) is 9.87. The highest BCUT2D eigenvalue weighted by atomic mass is 19.4. The Balaban J connectivity index is 1.47. The number of halogens is 3. The van der Waals surface area contributed by atoms with Gasteiger partial charge in [0, 0.05) is 12.1 Å². The predicted octanol–water partition coefficient (Wildman–Crippen LogP) is 3.83. The third-order valence-electron chi connectivity index (χ3n) is 5.80. The summed E-state index contributed by atoms with van der Waals surface area (Å²) < 4.78 is 44.0. The van der Waals surface area contributed by atoms with Crippen LogP contribution < -0.4 is 0 Å². The van der Waals surface area contributed by atoms with Gasteiger partial charge in [-0.15, -0.1) is 0 Å². The van der Waals surface area contributed by atoms with Crippen molar-refractivity contribution in [2.75, 3.05) is 26.3 Å². The molecule has 29 heavy (non-hydrogen) atoms. The Bertz CT molecular complexity index is 843. The van der Waals surface area contributed by atoms with E-state index in [2.05, 4.69) is 15.1 Å². The minimum atomic E-state index is -4.50. The van der Waals surface area contributed by atoms with Gasteiger partial charge in [-0.1, -0.05) is 0 Å². The highest BCUT2D eigenvalue weighted by molar-refractivity contribution is 5.71. The zero-order valence-corrected chi connectivity index (χ0v) is 16.2. The summed E-state index contributed by atoms with van der Waals surface area (Å²) in [6, 6.07) is 5.86. The number of aromatic hydroxyl groups is 1. The Morgan fingerprint density at radius 1 is 1.21 bits per heavy atom. The van der Waals surface area contributed by atoms with Gasteiger partial charge in [0.15, 0.2) is 0 Å². The number of phenols is 1. The van der Waals surface area contributed by atoms with E-state index in [1.165, 1.54) is 6.92 Å². The second-order valence-electron chi connectivity index (χ2n) is 7.99. The molecule has 5 nitrogen and oxygen atoms in total. The number of hydrogen-bond acceptors (Lipinski definition) is 5. The van der Waals surface area contributed by atoms with Gasteiger partial charge >= 0.3 is 6.18 Å². The summed E-state index contributed by atoms with van der Waals surface area (Å²) in [6.07, 6.45) is -1.39. The zero-order chi connectivity index (χ0) is 20.6. The van der Waals surface area contributed by atoms with Gasteiger partial charge in [0.1, 0.15) is 5.75 Å². The Morgan fingerprint density at radius 3 is 2.59 bits per heavy atom. The minimum Gasteiger partial charge on any atom is -0.507 e. The van der Waals surface area contributed by atoms with E-state index in [1.54, 1.807) is 6.07 Å². The average Bonchev–Trinajstić information content (AvgIpc) is 2.61. The number of piperidine rings is 1. The van der Waals surface area contributed by atoms with Crippen LogP contribution in [0.3, 0.4) is 0 Å². The first-order valence-corrected chi connectivity index (χ1v) is 9.87. The molecule has 156 valence electrons. The van der Waals surface area contributed by atoms with Crippen LogP contribution in [0.1, 0.15) is 29.7 Å². The Kier molecular flexibility index (Phi) is 5.48. The van der Waals surface area contributed by atoms with Crippen molar-refractivity contribution < 1.29 is 23.0 Å². The van der Waals surface area contributed by atoms with Gasteiger partial charge in [0.25, 0.3) is 0 Å². The van der Waals surface area contributed by atoms with Crippen molar-refractivity contribution in [2.24, 2.45) is 5.92 Å². The van der Waals surface area contributed by atoms with Crippen LogP contribution in [0.2, 0.25) is 0 Å². The highest BCUT2D eigenvalue weighted by Crippen LogP contribution is 2.38. The number of aromatic nitrogens is 2. The van der Waals surface area contributed by atoms with Gasteiger partial charge in [-0.25, -0.2) is 0 Å². The Hall–Kier alpha value is -2.19. The summed E-state index contributed by atoms with van der Waals surface area (Å²) in [7, 11) is 0. The van der Waals surface area contributed by atoms with Crippen LogP contribution in [-0.2, 0) is 17.3 Å². The summed E-state index contributed by atoms with van der Waals surface area (Å²) >= 11 is 0. The second-order valence-corrected chi connectivity index (χ2v) is 7.99. The van der Waals surface area contributed by atoms with Gasteiger partial charge in [-0.05, 0) is 68.5 Å². The third-order valence-corrected chi connectivity index (χ3v) is 5.80. The molecule has 0 bridgehead atoms. The lowest BCUT2D eigenvalue weighted by atomic mass is 9.92. The number of ether oxygens (including phenoxy) is 1. The van der Waals surface area contributed by atoms with Crippen LogP contribution in [0.25, 0.3) is 11.3 Å². The standard InChI is InChI=1S/C21H24F3N3O2/c1-13-7-15(21(22,23)24)9-19(28)20(13)18-5-4-16(25-26-18)8-14-3-2-6-27(10-14)17-11-29-12-17/h4-5,7,9,14,17,28H,2-3,6,8,10-12H2,1H3/t14-/m1/s1. The minimum absolute atomic E-state index is 0.283. The molecule has 2 fully saturated rings. The van der Waals surface area contributed by atoms with E-state index in [-0.39, 0.29) is 5.56 Å². The van der Waals surface area contributed by atoms with Crippen LogP contribution in [-0.4, -0.2) is 52.5 Å². The fraction of sp³-hybridized carbons (Fsp3) is 0.524. The van der Waals surface area contributed by atoms with Crippen molar-refractivity contribution in [2.45, 2.75) is 38.4 Å². The van der Waals surface area contributed by atoms with E-state index < -0.39 is 17.5 Å². The number of nitrogens with zero attached hydrogens (tertiary/aromatic N) is 3. The van der Waals surface area contributed by atoms with E-state index in [0.717, 1.165) is 63.4 Å². The molecular weight excluding hydrogens is 383 g/mol. The Morgan fingerprint density at radius 2 is 2.00 bits per heavy atom. The molecule has 0 unspecified atom stereocenters. The maximum absolute atomic E-state index is 12.9. The molecule has 2 aromatic rings. The van der Waals surface area contributed by atoms with Crippen molar-refractivity contribution >= 4 is 0 Å². The topological polar surface area (TPSA) is 58.5 Å². The molecule has 2 aliphatic rings. The maximum atomic E-state index is 12.9. The Labute approximate surface area is 167 Å². The molecule has 1 aromatic heterocycles. The number of benzene rings is 1. The molecule has 2 aliphatic heterocycles. The molecule has 3 heterocycles. The first-order chi connectivity index (χ1) is 13.8. The summed E-state index contributed by atoms with van der Waals surface area (Å²) in [5, 5.41) is 18.6. The molecule has 0 aliphatic carbocycles. The molecular formula is C21H24F3N3O2. The quantitative estimate of drug-likeness (QED) is 0.835. The lowest BCUT2D eigenvalue weighted by Crippen LogP contribution is -2.52. The number of phenolic OH excluding ortho intramolecular Hbond substituents is 1. The molecule has 1 aromatic carbocycles. The second kappa shape index (κ2) is 7.91. The predicted molar refractivity (Wildman–Crippen MR) is 101 cm³/mol. The lowest BCUT2D eigenvalue weighted by molar-refractivity contribution is -0.137. The molecule has 0 amide bonds. The van der Waals surface area contributed by atoms with Crippen LogP contribution in [0.5, 0.6) is 5.75 Å². The number of aryl methyl sites for hydroxylation is 1. The number of alkyl halides is 3. The molecule has 4 rings (SSSR count). The monoisotopic (exact) mass is 407 g/mol. The summed E-state index contributed by atoms with van der Waals surface area (Å²) in [5.74, 6) is 0.0655. The number of likely N-dealkylation sites (tertiary alicyclic amines) is 1. The van der Waals surface area contributed by atoms with Gasteiger partial charge in [0.2, 0.25) is 0 Å². The number of rotatable bonds is 4. The van der Waals surface area contributed by atoms with Crippen molar-refractivity contribution in [1.82, 2.24) is 15.1 Å². The molecule has 1 N–H and O–H groups in total. The van der Waals surface area contributed by atoms with Crippen molar-refractivity contribution in [3.63, 3.8) is 0 Å². The molecule has 0 radical (unpaired) electrons. The highest BCUT2D eigenvalue weighted by Gasteiger charge is 2.32. The van der Waals surface area contributed by atoms with Crippen LogP contribution >= 0.6 is 0 Å². The van der Waals surface area contributed by atoms with Gasteiger partial charge in [0.05, 0.1) is 36.2 Å². The van der Waals surface area contributed by atoms with E-state index in [4.69, 9.17) is 4.74 Å². The third kappa shape index (κ3) is 4.38. The van der Waals surface area contributed by atoms with E-state index in [0.29, 0.717) is 23.2 Å². The van der Waals surface area contributed by atoms with Crippen molar-refractivity contribution in [3.8, 4) is 17.0 Å². The zero-order valence-electron chi connectivity index (χ0n) is 16.2. The SMILES string of the molecule is Cc1cc(C(F)(F)F)cc(O)c1-c1ccc(C[C@H]2CCCN(C3COC3)C2)nn1. The van der Waals surface area contributed by atoms with Crippen LogP contribution in [0.15, 0.2) is 24.3 Å². The van der Waals surface area contributed by atoms with Gasteiger partial charge in [-0.2, -0.15) is 23.4 Å². The van der Waals surface area contributed by atoms with E-state index in [1.807, 2.05) is 6.07 Å². The average molecular weight is 407 g/mol. The van der Waals surface area contributed by atoms with Crippen molar-refractivity contribution in [3.05, 3.63) is 41.1 Å². The summed E-state index contributed by atoms with van der Waals surface area (Å²) in [5.41, 5.74) is 0.944. The van der Waals surface area contributed by atoms with Gasteiger partial charge < -0.3 is 9.84 Å². The molecule has 0 spiro atoms. The molecule has 1 atom stereocenters. The molecule has 0 saturated carbocycles. The molecule has 8 heteroatoms. The first kappa shape index (κ1) is 20.1.